The minimum Gasteiger partial charge on any atom is -0.368 e. The van der Waals surface area contributed by atoms with Crippen LogP contribution in [0.1, 0.15) is 25.3 Å². The number of anilines is 2. The lowest BCUT2D eigenvalue weighted by Gasteiger charge is -2.16. The number of nitrogens with zero attached hydrogens (tertiary/aromatic N) is 2. The van der Waals surface area contributed by atoms with Crippen LogP contribution in [0.2, 0.25) is 0 Å². The van der Waals surface area contributed by atoms with Crippen molar-refractivity contribution >= 4 is 23.4 Å². The fourth-order valence-electron chi connectivity index (χ4n) is 1.86. The van der Waals surface area contributed by atoms with Crippen LogP contribution in [0, 0.1) is 0 Å². The van der Waals surface area contributed by atoms with Crippen LogP contribution in [-0.2, 0) is 6.42 Å². The molecule has 0 atom stereocenters. The molecule has 5 nitrogen and oxygen atoms in total. The SMILES string of the molecule is CCc1c(NN)ncnc1NCC1(SC)CC1. The molecule has 1 aromatic rings. The van der Waals surface area contributed by atoms with Gasteiger partial charge in [-0.3, -0.25) is 0 Å². The number of nitrogen functional groups attached to an aromatic ring is 1. The summed E-state index contributed by atoms with van der Waals surface area (Å²) in [6, 6.07) is 0. The van der Waals surface area contributed by atoms with Crippen molar-refractivity contribution in [2.24, 2.45) is 5.84 Å². The Morgan fingerprint density at radius 1 is 1.41 bits per heavy atom. The van der Waals surface area contributed by atoms with Gasteiger partial charge >= 0.3 is 0 Å². The van der Waals surface area contributed by atoms with Gasteiger partial charge in [-0.15, -0.1) is 0 Å². The van der Waals surface area contributed by atoms with E-state index in [0.717, 1.165) is 24.3 Å². The van der Waals surface area contributed by atoms with Crippen LogP contribution >= 0.6 is 11.8 Å². The molecule has 0 aliphatic heterocycles. The van der Waals surface area contributed by atoms with Crippen LogP contribution in [0.25, 0.3) is 0 Å². The predicted octanol–water partition coefficient (Wildman–Crippen LogP) is 1.63. The van der Waals surface area contributed by atoms with E-state index in [1.165, 1.54) is 19.2 Å². The molecule has 0 bridgehead atoms. The molecule has 1 saturated carbocycles. The maximum Gasteiger partial charge on any atom is 0.148 e. The zero-order valence-electron chi connectivity index (χ0n) is 10.3. The molecule has 0 amide bonds. The molecule has 1 aromatic heterocycles. The zero-order valence-corrected chi connectivity index (χ0v) is 11.1. The highest BCUT2D eigenvalue weighted by molar-refractivity contribution is 8.00. The molecule has 0 spiro atoms. The molecular weight excluding hydrogens is 234 g/mol. The van der Waals surface area contributed by atoms with E-state index >= 15 is 0 Å². The third-order valence-corrected chi connectivity index (χ3v) is 4.67. The lowest BCUT2D eigenvalue weighted by atomic mass is 10.2. The average molecular weight is 253 g/mol. The second-order valence-electron chi connectivity index (χ2n) is 4.29. The molecule has 6 heteroatoms. The minimum atomic E-state index is 0.423. The smallest absolute Gasteiger partial charge is 0.148 e. The summed E-state index contributed by atoms with van der Waals surface area (Å²) in [5, 5.41) is 3.43. The summed E-state index contributed by atoms with van der Waals surface area (Å²) in [7, 11) is 0. The van der Waals surface area contributed by atoms with E-state index in [0.29, 0.717) is 10.6 Å². The third-order valence-electron chi connectivity index (χ3n) is 3.25. The van der Waals surface area contributed by atoms with Gasteiger partial charge in [-0.25, -0.2) is 15.8 Å². The normalized spacial score (nSPS) is 16.6. The molecule has 0 radical (unpaired) electrons. The Hall–Kier alpha value is -1.01. The van der Waals surface area contributed by atoms with Crippen molar-refractivity contribution in [2.75, 3.05) is 23.5 Å². The molecule has 1 heterocycles. The van der Waals surface area contributed by atoms with Gasteiger partial charge in [-0.05, 0) is 25.5 Å². The molecule has 0 saturated heterocycles. The fourth-order valence-corrected chi connectivity index (χ4v) is 2.59. The van der Waals surface area contributed by atoms with Gasteiger partial charge in [0.15, 0.2) is 0 Å². The molecule has 17 heavy (non-hydrogen) atoms. The van der Waals surface area contributed by atoms with Crippen molar-refractivity contribution < 1.29 is 0 Å². The van der Waals surface area contributed by atoms with E-state index in [9.17, 15) is 0 Å². The highest BCUT2D eigenvalue weighted by Crippen LogP contribution is 2.47. The van der Waals surface area contributed by atoms with E-state index in [2.05, 4.69) is 33.9 Å². The Bertz CT molecular complexity index is 391. The lowest BCUT2D eigenvalue weighted by Crippen LogP contribution is -2.20. The Labute approximate surface area is 106 Å². The largest absolute Gasteiger partial charge is 0.368 e. The topological polar surface area (TPSA) is 75.9 Å². The Kier molecular flexibility index (Phi) is 3.73. The van der Waals surface area contributed by atoms with Crippen molar-refractivity contribution in [3.63, 3.8) is 0 Å². The van der Waals surface area contributed by atoms with Crippen LogP contribution in [0.5, 0.6) is 0 Å². The second-order valence-corrected chi connectivity index (χ2v) is 5.56. The van der Waals surface area contributed by atoms with Gasteiger partial charge in [-0.2, -0.15) is 11.8 Å². The molecule has 0 aromatic carbocycles. The van der Waals surface area contributed by atoms with Crippen LogP contribution in [0.15, 0.2) is 6.33 Å². The second kappa shape index (κ2) is 5.10. The van der Waals surface area contributed by atoms with E-state index in [1.807, 2.05) is 11.8 Å². The molecule has 0 unspecified atom stereocenters. The van der Waals surface area contributed by atoms with Crippen LogP contribution in [-0.4, -0.2) is 27.5 Å². The monoisotopic (exact) mass is 253 g/mol. The Morgan fingerprint density at radius 2 is 2.12 bits per heavy atom. The molecule has 1 fully saturated rings. The van der Waals surface area contributed by atoms with Gasteiger partial charge in [0, 0.05) is 16.9 Å². The standard InChI is InChI=1S/C11H19N5S/c1-3-8-9(14-7-15-10(8)16-12)13-6-11(17-2)4-5-11/h7H,3-6,12H2,1-2H3,(H2,13,14,15,16). The van der Waals surface area contributed by atoms with Gasteiger partial charge < -0.3 is 10.7 Å². The minimum absolute atomic E-state index is 0.423. The van der Waals surface area contributed by atoms with Crippen LogP contribution in [0.3, 0.4) is 0 Å². The summed E-state index contributed by atoms with van der Waals surface area (Å²) in [6.45, 7) is 3.04. The Morgan fingerprint density at radius 3 is 2.65 bits per heavy atom. The van der Waals surface area contributed by atoms with Crippen LogP contribution in [0.4, 0.5) is 11.6 Å². The van der Waals surface area contributed by atoms with E-state index in [4.69, 9.17) is 5.84 Å². The molecule has 2 rings (SSSR count). The first-order valence-electron chi connectivity index (χ1n) is 5.84. The van der Waals surface area contributed by atoms with Gasteiger partial charge in [0.1, 0.15) is 18.0 Å². The fraction of sp³-hybridized carbons (Fsp3) is 0.636. The van der Waals surface area contributed by atoms with Crippen molar-refractivity contribution in [3.05, 3.63) is 11.9 Å². The third kappa shape index (κ3) is 2.63. The number of hydrogen-bond acceptors (Lipinski definition) is 6. The molecular formula is C11H19N5S. The highest BCUT2D eigenvalue weighted by Gasteiger charge is 2.41. The number of hydrogen-bond donors (Lipinski definition) is 3. The Balaban J connectivity index is 2.09. The molecule has 1 aliphatic carbocycles. The number of aromatic nitrogens is 2. The zero-order chi connectivity index (χ0) is 12.3. The maximum atomic E-state index is 5.44. The van der Waals surface area contributed by atoms with Gasteiger partial charge in [-0.1, -0.05) is 6.92 Å². The first kappa shape index (κ1) is 12.4. The summed E-state index contributed by atoms with van der Waals surface area (Å²) in [6.07, 6.45) is 7.14. The summed E-state index contributed by atoms with van der Waals surface area (Å²) >= 11 is 1.93. The van der Waals surface area contributed by atoms with E-state index < -0.39 is 0 Å². The maximum absolute atomic E-state index is 5.44. The first-order valence-corrected chi connectivity index (χ1v) is 7.06. The predicted molar refractivity (Wildman–Crippen MR) is 73.2 cm³/mol. The molecule has 94 valence electrons. The summed E-state index contributed by atoms with van der Waals surface area (Å²) in [5.74, 6) is 7.05. The summed E-state index contributed by atoms with van der Waals surface area (Å²) < 4.78 is 0.423. The number of rotatable bonds is 6. The molecule has 1 aliphatic rings. The first-order chi connectivity index (χ1) is 8.24. The van der Waals surface area contributed by atoms with E-state index in [-0.39, 0.29) is 0 Å². The highest BCUT2D eigenvalue weighted by atomic mass is 32.2. The number of hydrazine groups is 1. The van der Waals surface area contributed by atoms with E-state index in [1.54, 1.807) is 0 Å². The summed E-state index contributed by atoms with van der Waals surface area (Å²) in [5.41, 5.74) is 3.67. The quantitative estimate of drug-likeness (QED) is 0.528. The van der Waals surface area contributed by atoms with Crippen molar-refractivity contribution in [1.29, 1.82) is 0 Å². The number of thioether (sulfide) groups is 1. The van der Waals surface area contributed by atoms with Crippen molar-refractivity contribution in [1.82, 2.24) is 9.97 Å². The van der Waals surface area contributed by atoms with Crippen molar-refractivity contribution in [2.45, 2.75) is 30.9 Å². The van der Waals surface area contributed by atoms with Gasteiger partial charge in [0.05, 0.1) is 0 Å². The van der Waals surface area contributed by atoms with Gasteiger partial charge in [0.2, 0.25) is 0 Å². The van der Waals surface area contributed by atoms with Gasteiger partial charge in [0.25, 0.3) is 0 Å². The van der Waals surface area contributed by atoms with Crippen molar-refractivity contribution in [3.8, 4) is 0 Å². The summed E-state index contributed by atoms with van der Waals surface area (Å²) in [4.78, 5) is 8.41. The number of nitrogens with one attached hydrogen (secondary N) is 2. The molecule has 4 N–H and O–H groups in total. The lowest BCUT2D eigenvalue weighted by molar-refractivity contribution is 0.924. The average Bonchev–Trinajstić information content (AvgIpc) is 3.16. The van der Waals surface area contributed by atoms with Crippen LogP contribution < -0.4 is 16.6 Å². The number of nitrogens with two attached hydrogens (primary N) is 1.